The predicted molar refractivity (Wildman–Crippen MR) is 45.0 cm³/mol. The van der Waals surface area contributed by atoms with Crippen LogP contribution in [-0.4, -0.2) is 47.0 Å². The maximum atomic E-state index is 10.8. The second-order valence-electron chi connectivity index (χ2n) is 3.43. The topological polar surface area (TPSA) is 53.0 Å². The van der Waals surface area contributed by atoms with Crippen LogP contribution < -0.4 is 0 Å². The molecule has 0 spiro atoms. The highest BCUT2D eigenvalue weighted by atomic mass is 16.7. The third-order valence-electron chi connectivity index (χ3n) is 2.58. The van der Waals surface area contributed by atoms with Gasteiger partial charge in [0.05, 0.1) is 6.61 Å². The van der Waals surface area contributed by atoms with Crippen molar-refractivity contribution in [3.63, 3.8) is 0 Å². The van der Waals surface area contributed by atoms with Crippen LogP contribution in [0.25, 0.3) is 0 Å². The van der Waals surface area contributed by atoms with Gasteiger partial charge < -0.3 is 5.11 Å². The van der Waals surface area contributed by atoms with Gasteiger partial charge in [0.15, 0.2) is 0 Å². The Balaban J connectivity index is 2.00. The molecule has 13 heavy (non-hydrogen) atoms. The van der Waals surface area contributed by atoms with Crippen LogP contribution in [-0.2, 0) is 4.84 Å². The van der Waals surface area contributed by atoms with E-state index in [1.807, 2.05) is 0 Å². The smallest absolute Gasteiger partial charge is 0.408 e. The Kier molecular flexibility index (Phi) is 2.37. The van der Waals surface area contributed by atoms with E-state index in [9.17, 15) is 4.79 Å². The van der Waals surface area contributed by atoms with Crippen LogP contribution in [0.1, 0.15) is 19.3 Å². The van der Waals surface area contributed by atoms with E-state index in [-0.39, 0.29) is 6.17 Å². The van der Waals surface area contributed by atoms with Gasteiger partial charge in [-0.3, -0.25) is 9.74 Å². The summed E-state index contributed by atoms with van der Waals surface area (Å²) in [5.74, 6) is 0. The van der Waals surface area contributed by atoms with Gasteiger partial charge in [-0.15, -0.1) is 0 Å². The van der Waals surface area contributed by atoms with Crippen molar-refractivity contribution in [2.75, 3.05) is 19.7 Å². The molecule has 2 saturated heterocycles. The molecule has 0 aromatic rings. The van der Waals surface area contributed by atoms with Crippen LogP contribution in [0.5, 0.6) is 0 Å². The molecule has 2 fully saturated rings. The molecule has 5 heteroatoms. The molecule has 0 bridgehead atoms. The van der Waals surface area contributed by atoms with Crippen molar-refractivity contribution < 1.29 is 14.7 Å². The molecule has 0 radical (unpaired) electrons. The van der Waals surface area contributed by atoms with Crippen molar-refractivity contribution in [3.05, 3.63) is 0 Å². The molecular formula is C8H14N2O3. The molecule has 1 N–H and O–H groups in total. The van der Waals surface area contributed by atoms with Gasteiger partial charge in [-0.1, -0.05) is 0 Å². The van der Waals surface area contributed by atoms with Crippen molar-refractivity contribution in [1.82, 2.24) is 9.96 Å². The lowest BCUT2D eigenvalue weighted by Crippen LogP contribution is -2.44. The summed E-state index contributed by atoms with van der Waals surface area (Å²) in [6.07, 6.45) is 1.96. The molecule has 0 aliphatic carbocycles. The predicted octanol–water partition coefficient (Wildman–Crippen LogP) is 0.724. The maximum Gasteiger partial charge on any atom is 0.408 e. The quantitative estimate of drug-likeness (QED) is 0.655. The molecule has 1 atom stereocenters. The summed E-state index contributed by atoms with van der Waals surface area (Å²) in [6, 6.07) is 0. The summed E-state index contributed by atoms with van der Waals surface area (Å²) in [5, 5.41) is 10.7. The lowest BCUT2D eigenvalue weighted by molar-refractivity contribution is -0.166. The van der Waals surface area contributed by atoms with E-state index < -0.39 is 6.09 Å². The Morgan fingerprint density at radius 2 is 2.23 bits per heavy atom. The highest BCUT2D eigenvalue weighted by Gasteiger charge is 2.35. The van der Waals surface area contributed by atoms with Crippen LogP contribution in [0.3, 0.4) is 0 Å². The van der Waals surface area contributed by atoms with E-state index in [1.54, 1.807) is 5.06 Å². The lowest BCUT2D eigenvalue weighted by atomic mass is 10.3. The zero-order valence-corrected chi connectivity index (χ0v) is 7.48. The fraction of sp³-hybridized carbons (Fsp3) is 0.875. The summed E-state index contributed by atoms with van der Waals surface area (Å²) in [7, 11) is 0. The van der Waals surface area contributed by atoms with Gasteiger partial charge in [-0.2, -0.15) is 5.06 Å². The average Bonchev–Trinajstić information content (AvgIpc) is 2.74. The van der Waals surface area contributed by atoms with Gasteiger partial charge >= 0.3 is 6.09 Å². The molecule has 0 aromatic heterocycles. The third kappa shape index (κ3) is 1.62. The van der Waals surface area contributed by atoms with Gasteiger partial charge in [0.1, 0.15) is 6.17 Å². The fourth-order valence-electron chi connectivity index (χ4n) is 1.97. The first-order chi connectivity index (χ1) is 6.29. The minimum atomic E-state index is -0.835. The first kappa shape index (κ1) is 8.77. The SMILES string of the molecule is O=C(O)N1CCCC1N1CCCO1. The molecule has 5 nitrogen and oxygen atoms in total. The number of amides is 1. The summed E-state index contributed by atoms with van der Waals surface area (Å²) in [4.78, 5) is 17.6. The van der Waals surface area contributed by atoms with E-state index in [2.05, 4.69) is 0 Å². The number of likely N-dealkylation sites (tertiary alicyclic amines) is 1. The first-order valence-electron chi connectivity index (χ1n) is 4.68. The minimum Gasteiger partial charge on any atom is -0.465 e. The Morgan fingerprint density at radius 1 is 1.38 bits per heavy atom. The number of hydroxylamine groups is 2. The second kappa shape index (κ2) is 3.51. The number of carboxylic acid groups (broad SMARTS) is 1. The Labute approximate surface area is 76.8 Å². The largest absolute Gasteiger partial charge is 0.465 e. The van der Waals surface area contributed by atoms with E-state index in [0.717, 1.165) is 32.4 Å². The monoisotopic (exact) mass is 186 g/mol. The maximum absolute atomic E-state index is 10.8. The van der Waals surface area contributed by atoms with E-state index in [1.165, 1.54) is 4.90 Å². The zero-order chi connectivity index (χ0) is 9.26. The number of carbonyl (C=O) groups is 1. The Hall–Kier alpha value is -0.810. The van der Waals surface area contributed by atoms with E-state index >= 15 is 0 Å². The molecule has 0 aromatic carbocycles. The summed E-state index contributed by atoms with van der Waals surface area (Å²) >= 11 is 0. The van der Waals surface area contributed by atoms with Crippen molar-refractivity contribution in [1.29, 1.82) is 0 Å². The molecule has 2 rings (SSSR count). The molecule has 1 unspecified atom stereocenters. The van der Waals surface area contributed by atoms with Gasteiger partial charge in [-0.05, 0) is 19.3 Å². The fourth-order valence-corrected chi connectivity index (χ4v) is 1.97. The van der Waals surface area contributed by atoms with Crippen LogP contribution in [0.2, 0.25) is 0 Å². The highest BCUT2D eigenvalue weighted by Crippen LogP contribution is 2.23. The standard InChI is InChI=1S/C8H14N2O3/c11-8(12)9-4-1-3-7(9)10-5-2-6-13-10/h7H,1-6H2,(H,11,12). The first-order valence-corrected chi connectivity index (χ1v) is 4.68. The van der Waals surface area contributed by atoms with Crippen LogP contribution >= 0.6 is 0 Å². The second-order valence-corrected chi connectivity index (χ2v) is 3.43. The average molecular weight is 186 g/mol. The Morgan fingerprint density at radius 3 is 2.85 bits per heavy atom. The lowest BCUT2D eigenvalue weighted by Gasteiger charge is -2.28. The van der Waals surface area contributed by atoms with Crippen molar-refractivity contribution in [3.8, 4) is 0 Å². The number of nitrogens with zero attached hydrogens (tertiary/aromatic N) is 2. The van der Waals surface area contributed by atoms with Gasteiger partial charge in [0, 0.05) is 13.1 Å². The minimum absolute atomic E-state index is 0.0417. The van der Waals surface area contributed by atoms with Crippen molar-refractivity contribution in [2.24, 2.45) is 0 Å². The normalized spacial score (nSPS) is 29.8. The number of hydrogen-bond acceptors (Lipinski definition) is 3. The molecule has 2 aliphatic heterocycles. The molecular weight excluding hydrogens is 172 g/mol. The van der Waals surface area contributed by atoms with E-state index in [4.69, 9.17) is 9.94 Å². The molecule has 2 aliphatic rings. The zero-order valence-electron chi connectivity index (χ0n) is 7.48. The third-order valence-corrected chi connectivity index (χ3v) is 2.58. The number of rotatable bonds is 1. The molecule has 74 valence electrons. The summed E-state index contributed by atoms with van der Waals surface area (Å²) in [5.41, 5.74) is 0. The molecule has 2 heterocycles. The van der Waals surface area contributed by atoms with Gasteiger partial charge in [0.2, 0.25) is 0 Å². The molecule has 0 saturated carbocycles. The van der Waals surface area contributed by atoms with E-state index in [0.29, 0.717) is 6.54 Å². The summed E-state index contributed by atoms with van der Waals surface area (Å²) < 4.78 is 0. The van der Waals surface area contributed by atoms with Crippen molar-refractivity contribution in [2.45, 2.75) is 25.4 Å². The number of hydrogen-bond donors (Lipinski definition) is 1. The highest BCUT2D eigenvalue weighted by molar-refractivity contribution is 5.65. The van der Waals surface area contributed by atoms with Gasteiger partial charge in [-0.25, -0.2) is 4.79 Å². The van der Waals surface area contributed by atoms with Crippen LogP contribution in [0, 0.1) is 0 Å². The Bertz CT molecular complexity index is 204. The summed E-state index contributed by atoms with van der Waals surface area (Å²) in [6.45, 7) is 2.22. The van der Waals surface area contributed by atoms with Crippen molar-refractivity contribution >= 4 is 6.09 Å². The van der Waals surface area contributed by atoms with Crippen LogP contribution in [0.4, 0.5) is 4.79 Å². The van der Waals surface area contributed by atoms with Gasteiger partial charge in [0.25, 0.3) is 0 Å². The van der Waals surface area contributed by atoms with Crippen LogP contribution in [0.15, 0.2) is 0 Å². The molecule has 1 amide bonds.